The van der Waals surface area contributed by atoms with E-state index in [9.17, 15) is 13.2 Å². The highest BCUT2D eigenvalue weighted by Gasteiger charge is 2.36. The molecule has 9 nitrogen and oxygen atoms in total. The molecule has 1 aliphatic carbocycles. The fraction of sp³-hybridized carbons (Fsp3) is 0.500. The number of hydrogen-bond donors (Lipinski definition) is 1. The summed E-state index contributed by atoms with van der Waals surface area (Å²) in [6.07, 6.45) is 5.61. The van der Waals surface area contributed by atoms with Crippen LogP contribution in [0.5, 0.6) is 0 Å². The molecule has 0 radical (unpaired) electrons. The number of hydrogen-bond acceptors (Lipinski definition) is 6. The van der Waals surface area contributed by atoms with Crippen molar-refractivity contribution in [1.82, 2.24) is 29.4 Å². The van der Waals surface area contributed by atoms with E-state index in [1.54, 1.807) is 11.1 Å². The molecule has 1 aliphatic heterocycles. The highest BCUT2D eigenvalue weighted by atomic mass is 32.2. The number of nitrogens with one attached hydrogen (secondary N) is 1. The molecule has 1 saturated heterocycles. The molecule has 0 aromatic carbocycles. The summed E-state index contributed by atoms with van der Waals surface area (Å²) in [5, 5.41) is 5.82. The Labute approximate surface area is 151 Å². The van der Waals surface area contributed by atoms with Crippen LogP contribution in [0, 0.1) is 0 Å². The predicted octanol–water partition coefficient (Wildman–Crippen LogP) is 0.153. The summed E-state index contributed by atoms with van der Waals surface area (Å²) in [5.41, 5.74) is 2.02. The Hall–Kier alpha value is -2.33. The average molecular weight is 376 g/mol. The summed E-state index contributed by atoms with van der Waals surface area (Å²) in [4.78, 5) is 22.9. The Balaban J connectivity index is 1.45. The number of rotatable bonds is 3. The van der Waals surface area contributed by atoms with E-state index in [1.807, 2.05) is 12.1 Å². The first-order valence-corrected chi connectivity index (χ1v) is 10.1. The quantitative estimate of drug-likeness (QED) is 0.816. The van der Waals surface area contributed by atoms with E-state index in [4.69, 9.17) is 0 Å². The van der Waals surface area contributed by atoms with Gasteiger partial charge in [-0.1, -0.05) is 6.07 Å². The second kappa shape index (κ2) is 6.76. The zero-order chi connectivity index (χ0) is 18.1. The van der Waals surface area contributed by atoms with Crippen molar-refractivity contribution in [3.63, 3.8) is 0 Å². The molecule has 0 spiro atoms. The van der Waals surface area contributed by atoms with Gasteiger partial charge in [0.25, 0.3) is 15.2 Å². The van der Waals surface area contributed by atoms with E-state index in [0.29, 0.717) is 13.1 Å². The molecular formula is C16H20N6O3S. The van der Waals surface area contributed by atoms with E-state index >= 15 is 0 Å². The Bertz CT molecular complexity index is 890. The lowest BCUT2D eigenvalue weighted by Crippen LogP contribution is -2.52. The molecule has 26 heavy (non-hydrogen) atoms. The van der Waals surface area contributed by atoms with Crippen LogP contribution in [0.2, 0.25) is 0 Å². The van der Waals surface area contributed by atoms with Crippen molar-refractivity contribution in [3.8, 4) is 0 Å². The minimum Gasteiger partial charge on any atom is -0.339 e. The smallest absolute Gasteiger partial charge is 0.278 e. The number of carbonyl (C=O) groups is 1. The van der Waals surface area contributed by atoms with Crippen LogP contribution in [0.4, 0.5) is 0 Å². The number of aryl methyl sites for hydroxylation is 1. The van der Waals surface area contributed by atoms with E-state index in [-0.39, 0.29) is 30.1 Å². The number of aromatic amines is 1. The first-order chi connectivity index (χ1) is 12.6. The molecule has 2 aromatic rings. The van der Waals surface area contributed by atoms with Crippen molar-refractivity contribution in [3.05, 3.63) is 35.9 Å². The van der Waals surface area contributed by atoms with Gasteiger partial charge in [-0.25, -0.2) is 18.5 Å². The van der Waals surface area contributed by atoms with Crippen LogP contribution in [0.25, 0.3) is 0 Å². The zero-order valence-electron chi connectivity index (χ0n) is 14.2. The maximum atomic E-state index is 13.0. The molecule has 1 unspecified atom stereocenters. The van der Waals surface area contributed by atoms with Gasteiger partial charge in [0, 0.05) is 32.4 Å². The van der Waals surface area contributed by atoms with Crippen molar-refractivity contribution in [2.45, 2.75) is 30.3 Å². The van der Waals surface area contributed by atoms with Gasteiger partial charge in [0.15, 0.2) is 0 Å². The summed E-state index contributed by atoms with van der Waals surface area (Å²) in [7, 11) is -3.69. The Morgan fingerprint density at radius 3 is 2.73 bits per heavy atom. The molecule has 0 saturated carbocycles. The predicted molar refractivity (Wildman–Crippen MR) is 91.6 cm³/mol. The number of H-pyrrole nitrogens is 1. The summed E-state index contributed by atoms with van der Waals surface area (Å²) in [6, 6.07) is 3.93. The van der Waals surface area contributed by atoms with E-state index in [2.05, 4.69) is 20.2 Å². The standard InChI is InChI=1S/C16H20N6O3S/c23-15(13-5-1-3-12-4-2-6-17-14(12)13)21-7-9-22(10-8-21)26(24,25)16-18-11-19-20-16/h2,4,6,11,13H,1,3,5,7-10H2,(H,18,19,20). The molecule has 1 N–H and O–H groups in total. The third-order valence-corrected chi connectivity index (χ3v) is 6.75. The van der Waals surface area contributed by atoms with Gasteiger partial charge in [-0.15, -0.1) is 0 Å². The number of carbonyl (C=O) groups excluding carboxylic acids is 1. The maximum absolute atomic E-state index is 13.0. The van der Waals surface area contributed by atoms with Crippen molar-refractivity contribution in [2.24, 2.45) is 0 Å². The van der Waals surface area contributed by atoms with Crippen LogP contribution < -0.4 is 0 Å². The minimum atomic E-state index is -3.69. The lowest BCUT2D eigenvalue weighted by Gasteiger charge is -2.36. The molecule has 0 bridgehead atoms. The van der Waals surface area contributed by atoms with Gasteiger partial charge >= 0.3 is 0 Å². The van der Waals surface area contributed by atoms with Crippen molar-refractivity contribution in [1.29, 1.82) is 0 Å². The summed E-state index contributed by atoms with van der Waals surface area (Å²) in [5.74, 6) is -0.182. The van der Waals surface area contributed by atoms with Gasteiger partial charge in [0.1, 0.15) is 6.33 Å². The van der Waals surface area contributed by atoms with Gasteiger partial charge in [-0.05, 0) is 30.9 Å². The monoisotopic (exact) mass is 376 g/mol. The second-order valence-corrected chi connectivity index (χ2v) is 8.37. The topological polar surface area (TPSA) is 112 Å². The molecular weight excluding hydrogens is 356 g/mol. The Morgan fingerprint density at radius 2 is 2.00 bits per heavy atom. The molecule has 3 heterocycles. The number of nitrogens with zero attached hydrogens (tertiary/aromatic N) is 5. The third kappa shape index (κ3) is 2.99. The minimum absolute atomic E-state index is 0.0429. The normalized spacial score (nSPS) is 21.4. The number of pyridine rings is 1. The number of amides is 1. The van der Waals surface area contributed by atoms with E-state index < -0.39 is 10.0 Å². The SMILES string of the molecule is O=C(C1CCCc2cccnc21)N1CCN(S(=O)(=O)c2ncn[nH]2)CC1. The lowest BCUT2D eigenvalue weighted by molar-refractivity contribution is -0.134. The fourth-order valence-corrected chi connectivity index (χ4v) is 4.90. The van der Waals surface area contributed by atoms with Gasteiger partial charge in [0.05, 0.1) is 11.6 Å². The summed E-state index contributed by atoms with van der Waals surface area (Å²) in [6.45, 7) is 1.23. The van der Waals surface area contributed by atoms with Crippen molar-refractivity contribution < 1.29 is 13.2 Å². The first kappa shape index (κ1) is 17.1. The summed E-state index contributed by atoms with van der Waals surface area (Å²) < 4.78 is 26.3. The molecule has 1 atom stereocenters. The lowest BCUT2D eigenvalue weighted by atomic mass is 9.85. The average Bonchev–Trinajstić information content (AvgIpc) is 3.23. The van der Waals surface area contributed by atoms with E-state index in [0.717, 1.165) is 30.5 Å². The number of aromatic nitrogens is 4. The molecule has 10 heteroatoms. The highest BCUT2D eigenvalue weighted by molar-refractivity contribution is 7.88. The van der Waals surface area contributed by atoms with Crippen molar-refractivity contribution >= 4 is 15.9 Å². The molecule has 4 rings (SSSR count). The van der Waals surface area contributed by atoms with Gasteiger partial charge in [-0.3, -0.25) is 9.78 Å². The largest absolute Gasteiger partial charge is 0.339 e. The van der Waals surface area contributed by atoms with Crippen LogP contribution in [0.1, 0.15) is 30.0 Å². The van der Waals surface area contributed by atoms with Crippen molar-refractivity contribution in [2.75, 3.05) is 26.2 Å². The third-order valence-electron chi connectivity index (χ3n) is 5.02. The van der Waals surface area contributed by atoms with Crippen LogP contribution in [-0.2, 0) is 21.2 Å². The van der Waals surface area contributed by atoms with Gasteiger partial charge in [0.2, 0.25) is 5.91 Å². The second-order valence-electron chi connectivity index (χ2n) is 6.51. The van der Waals surface area contributed by atoms with Crippen LogP contribution in [0.15, 0.2) is 29.8 Å². The van der Waals surface area contributed by atoms with Gasteiger partial charge < -0.3 is 4.90 Å². The Morgan fingerprint density at radius 1 is 1.19 bits per heavy atom. The maximum Gasteiger partial charge on any atom is 0.278 e. The molecule has 1 fully saturated rings. The molecule has 138 valence electrons. The van der Waals surface area contributed by atoms with Crippen LogP contribution in [0.3, 0.4) is 0 Å². The fourth-order valence-electron chi connectivity index (χ4n) is 3.66. The Kier molecular flexibility index (Phi) is 4.45. The molecule has 1 amide bonds. The van der Waals surface area contributed by atoms with E-state index in [1.165, 1.54) is 10.6 Å². The van der Waals surface area contributed by atoms with Crippen LogP contribution in [-0.4, -0.2) is 69.9 Å². The molecule has 2 aromatic heterocycles. The zero-order valence-corrected chi connectivity index (χ0v) is 15.0. The molecule has 2 aliphatic rings. The number of sulfonamides is 1. The van der Waals surface area contributed by atoms with Gasteiger partial charge in [-0.2, -0.15) is 9.40 Å². The first-order valence-electron chi connectivity index (χ1n) is 8.65. The summed E-state index contributed by atoms with van der Waals surface area (Å²) >= 11 is 0. The number of fused-ring (bicyclic) bond motifs is 1. The number of piperazine rings is 1. The van der Waals surface area contributed by atoms with Crippen LogP contribution >= 0.6 is 0 Å². The highest BCUT2D eigenvalue weighted by Crippen LogP contribution is 2.31.